The Kier molecular flexibility index (Phi) is 6.22. The van der Waals surface area contributed by atoms with Gasteiger partial charge in [0.2, 0.25) is 0 Å². The second-order valence-corrected chi connectivity index (χ2v) is 4.46. The van der Waals surface area contributed by atoms with E-state index in [0.717, 1.165) is 19.6 Å². The predicted octanol–water partition coefficient (Wildman–Crippen LogP) is 2.37. The average molecular weight is 239 g/mol. The van der Waals surface area contributed by atoms with Gasteiger partial charge in [-0.3, -0.25) is 4.68 Å². The Balaban J connectivity index is 2.53. The number of rotatable bonds is 8. The van der Waals surface area contributed by atoms with Gasteiger partial charge in [0.25, 0.3) is 0 Å². The largest absolute Gasteiger partial charge is 0.383 e. The van der Waals surface area contributed by atoms with Gasteiger partial charge in [-0.2, -0.15) is 5.10 Å². The maximum atomic E-state index is 5.24. The Labute approximate surface area is 104 Å². The van der Waals surface area contributed by atoms with Crippen molar-refractivity contribution < 1.29 is 4.74 Å². The van der Waals surface area contributed by atoms with E-state index in [1.807, 2.05) is 10.9 Å². The van der Waals surface area contributed by atoms with E-state index in [-0.39, 0.29) is 0 Å². The predicted molar refractivity (Wildman–Crippen MR) is 70.0 cm³/mol. The molecule has 0 saturated heterocycles. The summed E-state index contributed by atoms with van der Waals surface area (Å²) in [6, 6.07) is 0.743. The fraction of sp³-hybridized carbons (Fsp3) is 0.769. The molecule has 2 atom stereocenters. The molecule has 0 aromatic carbocycles. The maximum absolute atomic E-state index is 5.24. The Bertz CT molecular complexity index is 305. The Morgan fingerprint density at radius 3 is 2.76 bits per heavy atom. The van der Waals surface area contributed by atoms with Crippen molar-refractivity contribution in [1.29, 1.82) is 0 Å². The zero-order chi connectivity index (χ0) is 12.7. The molecule has 0 aliphatic heterocycles. The number of hydrogen-bond donors (Lipinski definition) is 1. The van der Waals surface area contributed by atoms with E-state index in [2.05, 4.69) is 37.4 Å². The van der Waals surface area contributed by atoms with E-state index >= 15 is 0 Å². The van der Waals surface area contributed by atoms with Gasteiger partial charge in [0.15, 0.2) is 0 Å². The van der Waals surface area contributed by atoms with Gasteiger partial charge in [-0.1, -0.05) is 13.3 Å². The van der Waals surface area contributed by atoms with Crippen LogP contribution in [0.5, 0.6) is 0 Å². The Morgan fingerprint density at radius 1 is 1.47 bits per heavy atom. The molecule has 1 rings (SSSR count). The first kappa shape index (κ1) is 14.2. The standard InChI is InChI=1S/C13H25N3O/c1-5-7-13(10-17-4)15-11(3)12-8-14-16(6-2)9-12/h8-9,11,13,15H,5-7,10H2,1-4H3. The lowest BCUT2D eigenvalue weighted by Crippen LogP contribution is -2.35. The summed E-state index contributed by atoms with van der Waals surface area (Å²) in [5, 5.41) is 7.89. The van der Waals surface area contributed by atoms with Crippen molar-refractivity contribution in [2.75, 3.05) is 13.7 Å². The highest BCUT2D eigenvalue weighted by molar-refractivity contribution is 5.09. The van der Waals surface area contributed by atoms with Gasteiger partial charge in [-0.25, -0.2) is 0 Å². The second-order valence-electron chi connectivity index (χ2n) is 4.46. The summed E-state index contributed by atoms with van der Waals surface area (Å²) in [5.74, 6) is 0. The van der Waals surface area contributed by atoms with Crippen molar-refractivity contribution in [2.45, 2.75) is 52.2 Å². The number of nitrogens with zero attached hydrogens (tertiary/aromatic N) is 2. The molecule has 0 saturated carbocycles. The minimum Gasteiger partial charge on any atom is -0.383 e. The summed E-state index contributed by atoms with van der Waals surface area (Å²) in [7, 11) is 1.75. The monoisotopic (exact) mass is 239 g/mol. The van der Waals surface area contributed by atoms with E-state index in [4.69, 9.17) is 4.74 Å². The van der Waals surface area contributed by atoms with E-state index in [1.165, 1.54) is 12.0 Å². The first-order valence-electron chi connectivity index (χ1n) is 6.48. The van der Waals surface area contributed by atoms with Crippen LogP contribution >= 0.6 is 0 Å². The third kappa shape index (κ3) is 4.48. The zero-order valence-electron chi connectivity index (χ0n) is 11.4. The lowest BCUT2D eigenvalue weighted by Gasteiger charge is -2.21. The lowest BCUT2D eigenvalue weighted by molar-refractivity contribution is 0.157. The summed E-state index contributed by atoms with van der Waals surface area (Å²) in [5.41, 5.74) is 1.24. The molecule has 1 aromatic rings. The van der Waals surface area contributed by atoms with Crippen molar-refractivity contribution in [3.05, 3.63) is 18.0 Å². The molecular formula is C13H25N3O. The van der Waals surface area contributed by atoms with E-state index in [1.54, 1.807) is 7.11 Å². The lowest BCUT2D eigenvalue weighted by atomic mass is 10.1. The molecule has 2 unspecified atom stereocenters. The molecule has 0 bridgehead atoms. The Morgan fingerprint density at radius 2 is 2.24 bits per heavy atom. The highest BCUT2D eigenvalue weighted by Gasteiger charge is 2.13. The molecule has 0 amide bonds. The zero-order valence-corrected chi connectivity index (χ0v) is 11.4. The summed E-state index contributed by atoms with van der Waals surface area (Å²) in [4.78, 5) is 0. The van der Waals surface area contributed by atoms with Gasteiger partial charge >= 0.3 is 0 Å². The molecule has 4 nitrogen and oxygen atoms in total. The molecule has 98 valence electrons. The first-order chi connectivity index (χ1) is 8.21. The Hall–Kier alpha value is -0.870. The normalized spacial score (nSPS) is 14.8. The fourth-order valence-corrected chi connectivity index (χ4v) is 1.99. The van der Waals surface area contributed by atoms with Crippen LogP contribution in [-0.2, 0) is 11.3 Å². The van der Waals surface area contributed by atoms with E-state index in [0.29, 0.717) is 12.1 Å². The number of hydrogen-bond acceptors (Lipinski definition) is 3. The van der Waals surface area contributed by atoms with Crippen LogP contribution in [0.15, 0.2) is 12.4 Å². The van der Waals surface area contributed by atoms with Crippen LogP contribution in [0.4, 0.5) is 0 Å². The van der Waals surface area contributed by atoms with Crippen LogP contribution < -0.4 is 5.32 Å². The highest BCUT2D eigenvalue weighted by atomic mass is 16.5. The number of ether oxygens (including phenoxy) is 1. The van der Waals surface area contributed by atoms with Gasteiger partial charge in [-0.15, -0.1) is 0 Å². The molecule has 17 heavy (non-hydrogen) atoms. The van der Waals surface area contributed by atoms with Crippen LogP contribution in [0.2, 0.25) is 0 Å². The summed E-state index contributed by atoms with van der Waals surface area (Å²) < 4.78 is 7.19. The molecule has 1 aromatic heterocycles. The summed E-state index contributed by atoms with van der Waals surface area (Å²) in [6.45, 7) is 8.16. The van der Waals surface area contributed by atoms with Gasteiger partial charge in [0.1, 0.15) is 0 Å². The summed E-state index contributed by atoms with van der Waals surface area (Å²) >= 11 is 0. The molecule has 0 fully saturated rings. The van der Waals surface area contributed by atoms with Gasteiger partial charge < -0.3 is 10.1 Å². The number of aromatic nitrogens is 2. The number of aryl methyl sites for hydroxylation is 1. The molecule has 0 spiro atoms. The van der Waals surface area contributed by atoms with Crippen LogP contribution in [0.25, 0.3) is 0 Å². The van der Waals surface area contributed by atoms with Gasteiger partial charge in [0.05, 0.1) is 12.8 Å². The second kappa shape index (κ2) is 7.45. The topological polar surface area (TPSA) is 39.1 Å². The van der Waals surface area contributed by atoms with Crippen molar-refractivity contribution >= 4 is 0 Å². The van der Waals surface area contributed by atoms with E-state index in [9.17, 15) is 0 Å². The van der Waals surface area contributed by atoms with Crippen LogP contribution in [0.3, 0.4) is 0 Å². The SMILES string of the molecule is CCCC(COC)NC(C)c1cnn(CC)c1. The molecule has 0 radical (unpaired) electrons. The van der Waals surface area contributed by atoms with Crippen molar-refractivity contribution in [3.63, 3.8) is 0 Å². The fourth-order valence-electron chi connectivity index (χ4n) is 1.99. The number of nitrogens with one attached hydrogen (secondary N) is 1. The molecular weight excluding hydrogens is 214 g/mol. The minimum absolute atomic E-state index is 0.321. The van der Waals surface area contributed by atoms with E-state index < -0.39 is 0 Å². The van der Waals surface area contributed by atoms with Crippen molar-refractivity contribution in [2.24, 2.45) is 0 Å². The third-order valence-electron chi connectivity index (χ3n) is 2.97. The van der Waals surface area contributed by atoms with Crippen LogP contribution in [0.1, 0.15) is 45.2 Å². The minimum atomic E-state index is 0.321. The molecule has 0 aliphatic carbocycles. The quantitative estimate of drug-likeness (QED) is 0.757. The first-order valence-corrected chi connectivity index (χ1v) is 6.48. The van der Waals surface area contributed by atoms with Gasteiger partial charge in [0, 0.05) is 37.5 Å². The van der Waals surface area contributed by atoms with Crippen LogP contribution in [-0.4, -0.2) is 29.5 Å². The highest BCUT2D eigenvalue weighted by Crippen LogP contribution is 2.13. The van der Waals surface area contributed by atoms with Crippen molar-refractivity contribution in [1.82, 2.24) is 15.1 Å². The molecule has 4 heteroatoms. The molecule has 0 aliphatic rings. The smallest absolute Gasteiger partial charge is 0.0616 e. The van der Waals surface area contributed by atoms with Gasteiger partial charge in [-0.05, 0) is 20.3 Å². The van der Waals surface area contributed by atoms with Crippen LogP contribution in [0, 0.1) is 0 Å². The molecule has 1 N–H and O–H groups in total. The number of methoxy groups -OCH3 is 1. The third-order valence-corrected chi connectivity index (χ3v) is 2.97. The maximum Gasteiger partial charge on any atom is 0.0616 e. The van der Waals surface area contributed by atoms with Crippen molar-refractivity contribution in [3.8, 4) is 0 Å². The molecule has 1 heterocycles. The summed E-state index contributed by atoms with van der Waals surface area (Å²) in [6.07, 6.45) is 6.35. The average Bonchev–Trinajstić information content (AvgIpc) is 2.78.